The summed E-state index contributed by atoms with van der Waals surface area (Å²) in [6.07, 6.45) is -0.332. The van der Waals surface area contributed by atoms with Crippen molar-refractivity contribution in [3.8, 4) is 0 Å². The van der Waals surface area contributed by atoms with Crippen LogP contribution < -0.4 is 0 Å². The predicted molar refractivity (Wildman–Crippen MR) is 91.8 cm³/mol. The zero-order valence-corrected chi connectivity index (χ0v) is 15.0. The Hall–Kier alpha value is -1.85. The van der Waals surface area contributed by atoms with E-state index < -0.39 is 11.7 Å². The maximum Gasteiger partial charge on any atom is 0.416 e. The number of carbonyl (C=O) groups is 2. The Labute approximate surface area is 155 Å². The van der Waals surface area contributed by atoms with Gasteiger partial charge in [0.15, 0.2) is 0 Å². The first-order valence-electron chi connectivity index (χ1n) is 9.73. The highest BCUT2D eigenvalue weighted by Crippen LogP contribution is 2.60. The lowest BCUT2D eigenvalue weighted by molar-refractivity contribution is -0.143. The summed E-state index contributed by atoms with van der Waals surface area (Å²) in [7, 11) is 0. The second-order valence-corrected chi connectivity index (χ2v) is 9.04. The van der Waals surface area contributed by atoms with Crippen LogP contribution in [0, 0.1) is 23.2 Å². The van der Waals surface area contributed by atoms with Crippen LogP contribution in [0.3, 0.4) is 0 Å². The van der Waals surface area contributed by atoms with Gasteiger partial charge in [0.1, 0.15) is 5.78 Å². The third-order valence-electron chi connectivity index (χ3n) is 7.34. The second kappa shape index (κ2) is 5.58. The molecule has 3 nitrogen and oxygen atoms in total. The van der Waals surface area contributed by atoms with E-state index in [1.807, 2.05) is 4.90 Å². The third-order valence-corrected chi connectivity index (χ3v) is 7.34. The number of hydrogen-bond acceptors (Lipinski definition) is 2. The zero-order valence-electron chi connectivity index (χ0n) is 15.0. The summed E-state index contributed by atoms with van der Waals surface area (Å²) < 4.78 is 38.1. The lowest BCUT2D eigenvalue weighted by atomic mass is 9.60. The molecular formula is C21H22F3NO2. The average Bonchev–Trinajstić information content (AvgIpc) is 2.93. The van der Waals surface area contributed by atoms with Crippen LogP contribution in [0.5, 0.6) is 0 Å². The van der Waals surface area contributed by atoms with Gasteiger partial charge >= 0.3 is 6.18 Å². The van der Waals surface area contributed by atoms with Gasteiger partial charge in [-0.1, -0.05) is 12.1 Å². The van der Waals surface area contributed by atoms with Gasteiger partial charge in [-0.25, -0.2) is 0 Å². The molecule has 3 atom stereocenters. The smallest absolute Gasteiger partial charge is 0.342 e. The molecule has 27 heavy (non-hydrogen) atoms. The van der Waals surface area contributed by atoms with E-state index in [1.54, 1.807) is 12.1 Å². The molecule has 1 aromatic rings. The number of ketones is 1. The van der Waals surface area contributed by atoms with E-state index in [4.69, 9.17) is 0 Å². The molecule has 4 aliphatic rings. The number of piperidine rings is 1. The first-order valence-corrected chi connectivity index (χ1v) is 9.73. The molecule has 1 aliphatic heterocycles. The highest BCUT2D eigenvalue weighted by molar-refractivity contribution is 5.84. The number of alkyl halides is 3. The van der Waals surface area contributed by atoms with E-state index in [0.29, 0.717) is 30.5 Å². The van der Waals surface area contributed by atoms with Gasteiger partial charge in [-0.15, -0.1) is 0 Å². The number of Topliss-reactive ketones (excluding diaryl/α,β-unsaturated/α-hetero) is 1. The Balaban J connectivity index is 1.16. The molecule has 0 bridgehead atoms. The van der Waals surface area contributed by atoms with E-state index in [0.717, 1.165) is 50.0 Å². The Morgan fingerprint density at radius 1 is 1.07 bits per heavy atom. The lowest BCUT2D eigenvalue weighted by Gasteiger charge is -2.45. The molecule has 6 heteroatoms. The van der Waals surface area contributed by atoms with E-state index in [1.165, 1.54) is 0 Å². The molecule has 3 aliphatic carbocycles. The Morgan fingerprint density at radius 3 is 2.22 bits per heavy atom. The molecule has 1 amide bonds. The van der Waals surface area contributed by atoms with Crippen molar-refractivity contribution >= 4 is 11.7 Å². The van der Waals surface area contributed by atoms with E-state index in [9.17, 15) is 22.8 Å². The molecule has 0 N–H and O–H groups in total. The maximum absolute atomic E-state index is 12.7. The predicted octanol–water partition coefficient (Wildman–Crippen LogP) is 4.03. The fourth-order valence-corrected chi connectivity index (χ4v) is 5.86. The summed E-state index contributed by atoms with van der Waals surface area (Å²) in [6, 6.07) is 5.49. The molecule has 144 valence electrons. The van der Waals surface area contributed by atoms with Gasteiger partial charge in [0.25, 0.3) is 0 Å². The number of halogens is 3. The summed E-state index contributed by atoms with van der Waals surface area (Å²) >= 11 is 0. The molecule has 1 heterocycles. The molecule has 3 saturated carbocycles. The first-order chi connectivity index (χ1) is 12.8. The molecule has 1 unspecified atom stereocenters. The van der Waals surface area contributed by atoms with Crippen molar-refractivity contribution in [2.24, 2.45) is 23.2 Å². The summed E-state index contributed by atoms with van der Waals surface area (Å²) in [4.78, 5) is 26.2. The Morgan fingerprint density at radius 2 is 1.70 bits per heavy atom. The summed E-state index contributed by atoms with van der Waals surface area (Å²) in [6.45, 7) is 1.44. The monoisotopic (exact) mass is 377 g/mol. The maximum atomic E-state index is 12.7. The summed E-state index contributed by atoms with van der Waals surface area (Å²) in [5, 5.41) is 0. The first kappa shape index (κ1) is 17.3. The quantitative estimate of drug-likeness (QED) is 0.781. The van der Waals surface area contributed by atoms with E-state index >= 15 is 0 Å². The number of hydrogen-bond donors (Lipinski definition) is 0. The van der Waals surface area contributed by atoms with Crippen molar-refractivity contribution < 1.29 is 22.8 Å². The number of benzene rings is 1. The lowest BCUT2D eigenvalue weighted by Crippen LogP contribution is -2.46. The van der Waals surface area contributed by atoms with Crippen molar-refractivity contribution in [1.82, 2.24) is 4.90 Å². The number of nitrogens with zero attached hydrogens (tertiary/aromatic N) is 1. The van der Waals surface area contributed by atoms with Gasteiger partial charge < -0.3 is 4.90 Å². The van der Waals surface area contributed by atoms with Crippen molar-refractivity contribution in [3.63, 3.8) is 0 Å². The summed E-state index contributed by atoms with van der Waals surface area (Å²) in [5.41, 5.74) is 0.457. The zero-order chi connectivity index (χ0) is 19.0. The fourth-order valence-electron chi connectivity index (χ4n) is 5.86. The topological polar surface area (TPSA) is 37.4 Å². The highest BCUT2D eigenvalue weighted by atomic mass is 19.4. The van der Waals surface area contributed by atoms with Crippen LogP contribution in [0.2, 0.25) is 0 Å². The van der Waals surface area contributed by atoms with Gasteiger partial charge in [0, 0.05) is 31.8 Å². The van der Waals surface area contributed by atoms with Gasteiger partial charge in [-0.2, -0.15) is 13.2 Å². The van der Waals surface area contributed by atoms with Gasteiger partial charge in [-0.3, -0.25) is 9.59 Å². The van der Waals surface area contributed by atoms with Crippen LogP contribution >= 0.6 is 0 Å². The molecule has 0 aromatic heterocycles. The Kier molecular flexibility index (Phi) is 3.57. The number of amides is 1. The highest BCUT2D eigenvalue weighted by Gasteiger charge is 2.59. The minimum Gasteiger partial charge on any atom is -0.342 e. The van der Waals surface area contributed by atoms with Gasteiger partial charge in [0.05, 0.1) is 5.56 Å². The third kappa shape index (κ3) is 2.79. The van der Waals surface area contributed by atoms with Crippen LogP contribution in [0.1, 0.15) is 49.1 Å². The van der Waals surface area contributed by atoms with Crippen LogP contribution in [-0.4, -0.2) is 29.7 Å². The van der Waals surface area contributed by atoms with Crippen LogP contribution in [-0.2, 0) is 15.8 Å². The largest absolute Gasteiger partial charge is 0.416 e. The molecule has 5 rings (SSSR count). The molecule has 4 fully saturated rings. The van der Waals surface area contributed by atoms with Crippen LogP contribution in [0.4, 0.5) is 13.2 Å². The standard InChI is InChI=1S/C21H22F3NO2/c22-21(23,24)14-3-1-12(2-4-14)18-16-10-25(11-17(16)18)19(27)13-7-20(8-13)6-5-15(26)9-20/h1-4,13,16-18H,5-11H2/t13?,16-,17+,18?,20?. The molecule has 1 saturated heterocycles. The van der Waals surface area contributed by atoms with Gasteiger partial charge in [0.2, 0.25) is 5.91 Å². The van der Waals surface area contributed by atoms with Gasteiger partial charge in [-0.05, 0) is 60.1 Å². The van der Waals surface area contributed by atoms with Crippen molar-refractivity contribution in [1.29, 1.82) is 0 Å². The molecule has 0 radical (unpaired) electrons. The van der Waals surface area contributed by atoms with Crippen LogP contribution in [0.25, 0.3) is 0 Å². The summed E-state index contributed by atoms with van der Waals surface area (Å²) in [5.74, 6) is 1.68. The normalized spacial score (nSPS) is 37.4. The Bertz CT molecular complexity index is 783. The van der Waals surface area contributed by atoms with E-state index in [-0.39, 0.29) is 23.2 Å². The number of carbonyl (C=O) groups excluding carboxylic acids is 2. The number of rotatable bonds is 2. The molecule has 1 spiro atoms. The van der Waals surface area contributed by atoms with Crippen LogP contribution in [0.15, 0.2) is 24.3 Å². The second-order valence-electron chi connectivity index (χ2n) is 9.04. The average molecular weight is 377 g/mol. The SMILES string of the molecule is O=C1CCC2(C1)CC(C(=O)N1C[C@@H]3C(c4ccc(C(F)(F)F)cc4)[C@@H]3C1)C2. The number of fused-ring (bicyclic) bond motifs is 1. The van der Waals surface area contributed by atoms with Crippen molar-refractivity contribution in [2.75, 3.05) is 13.1 Å². The molecule has 1 aromatic carbocycles. The van der Waals surface area contributed by atoms with Crippen molar-refractivity contribution in [2.45, 2.75) is 44.2 Å². The number of likely N-dealkylation sites (tertiary alicyclic amines) is 1. The molecular weight excluding hydrogens is 355 g/mol. The minimum atomic E-state index is -4.30. The van der Waals surface area contributed by atoms with Crippen molar-refractivity contribution in [3.05, 3.63) is 35.4 Å². The minimum absolute atomic E-state index is 0.0675. The van der Waals surface area contributed by atoms with E-state index in [2.05, 4.69) is 0 Å². The fraction of sp³-hybridized carbons (Fsp3) is 0.619.